The Morgan fingerprint density at radius 3 is 2.30 bits per heavy atom. The van der Waals surface area contributed by atoms with E-state index in [1.54, 1.807) is 19.1 Å². The van der Waals surface area contributed by atoms with E-state index in [1.807, 2.05) is 46.8 Å². The molecule has 0 aromatic heterocycles. The maximum Gasteiger partial charge on any atom is 0.333 e. The van der Waals surface area contributed by atoms with Crippen LogP contribution in [0, 0.1) is 11.8 Å². The fourth-order valence-corrected chi connectivity index (χ4v) is 9.36. The molecule has 292 valence electrons. The van der Waals surface area contributed by atoms with Crippen LogP contribution in [-0.4, -0.2) is 75.7 Å². The molecule has 2 N–H and O–H groups in total. The summed E-state index contributed by atoms with van der Waals surface area (Å²) in [5.41, 5.74) is 0.614. The van der Waals surface area contributed by atoms with Gasteiger partial charge in [-0.3, -0.25) is 14.5 Å². The van der Waals surface area contributed by atoms with Crippen molar-refractivity contribution < 1.29 is 38.8 Å². The summed E-state index contributed by atoms with van der Waals surface area (Å²) in [6.45, 7) is 18.5. The number of allylic oxidation sites excluding steroid dienone is 7. The summed E-state index contributed by atoms with van der Waals surface area (Å²) in [5.74, 6) is -2.44. The molecule has 1 spiro atoms. The smallest absolute Gasteiger partial charge is 0.333 e. The van der Waals surface area contributed by atoms with Gasteiger partial charge in [0.2, 0.25) is 0 Å². The van der Waals surface area contributed by atoms with Crippen LogP contribution in [0.25, 0.3) is 0 Å². The summed E-state index contributed by atoms with van der Waals surface area (Å²) in [5, 5.41) is 23.8. The van der Waals surface area contributed by atoms with Gasteiger partial charge < -0.3 is 24.4 Å². The Balaban J connectivity index is 1.39. The van der Waals surface area contributed by atoms with E-state index in [2.05, 4.69) is 24.8 Å². The predicted octanol–water partition coefficient (Wildman–Crippen LogP) is 8.21. The molecule has 3 heterocycles. The van der Waals surface area contributed by atoms with E-state index in [-0.39, 0.29) is 60.0 Å². The Morgan fingerprint density at radius 1 is 0.926 bits per heavy atom. The highest BCUT2D eigenvalue weighted by Crippen LogP contribution is 2.68. The number of carbonyl (C=O) groups is 3. The Labute approximate surface area is 320 Å². The molecule has 3 aliphatic heterocycles. The van der Waals surface area contributed by atoms with Crippen molar-refractivity contribution in [1.82, 2.24) is 4.90 Å². The van der Waals surface area contributed by atoms with Gasteiger partial charge in [-0.1, -0.05) is 53.5 Å². The van der Waals surface area contributed by atoms with Crippen molar-refractivity contribution in [3.63, 3.8) is 0 Å². The summed E-state index contributed by atoms with van der Waals surface area (Å²) in [6.07, 6.45) is 15.7. The highest BCUT2D eigenvalue weighted by Gasteiger charge is 2.81. The first kappa shape index (κ1) is 39.7. The molecule has 2 saturated heterocycles. The highest BCUT2D eigenvalue weighted by molar-refractivity contribution is 6.18. The molecular formula is C45H59NO8. The topological polar surface area (TPSA) is 123 Å². The number of rotatable bonds is 13. The lowest BCUT2D eigenvalue weighted by Crippen LogP contribution is -2.72. The van der Waals surface area contributed by atoms with Gasteiger partial charge in [-0.15, -0.1) is 0 Å². The normalized spacial score (nSPS) is 27.1. The molecule has 54 heavy (non-hydrogen) atoms. The second-order valence-electron chi connectivity index (χ2n) is 17.1. The Bertz CT molecular complexity index is 1860. The number of benzene rings is 1. The van der Waals surface area contributed by atoms with Gasteiger partial charge in [0.05, 0.1) is 5.60 Å². The number of phenolic OH excluding ortho intramolecular Hbond substituents is 2. The van der Waals surface area contributed by atoms with Crippen LogP contribution in [-0.2, 0) is 31.9 Å². The molecule has 3 fully saturated rings. The van der Waals surface area contributed by atoms with Crippen molar-refractivity contribution >= 4 is 17.5 Å². The SMILES string of the molecule is CC(C)=CCC/C(C)=C/Cc1c(O)c(CC=C(C)C)c2c(c1O)C(=O)C1=CC3CC4C(C)(C)OC(C/C=C(/C)C(=O)OCCN5CCCCC5)(C3=O)C14O2. The molecule has 4 unspecified atom stereocenters. The summed E-state index contributed by atoms with van der Waals surface area (Å²) in [7, 11) is 0. The molecule has 1 aromatic rings. The molecule has 6 aliphatic rings. The monoisotopic (exact) mass is 741 g/mol. The van der Waals surface area contributed by atoms with Crippen LogP contribution >= 0.6 is 0 Å². The average molecular weight is 742 g/mol. The van der Waals surface area contributed by atoms with Crippen LogP contribution in [0.15, 0.2) is 58.2 Å². The number of phenols is 2. The number of hydrogen-bond acceptors (Lipinski definition) is 9. The van der Waals surface area contributed by atoms with Crippen molar-refractivity contribution in [2.24, 2.45) is 11.8 Å². The molecule has 4 atom stereocenters. The fourth-order valence-electron chi connectivity index (χ4n) is 9.36. The van der Waals surface area contributed by atoms with E-state index in [0.29, 0.717) is 29.7 Å². The van der Waals surface area contributed by atoms with Gasteiger partial charge in [-0.25, -0.2) is 4.79 Å². The van der Waals surface area contributed by atoms with Gasteiger partial charge in [0.15, 0.2) is 22.8 Å². The fraction of sp³-hybridized carbons (Fsp3) is 0.578. The highest BCUT2D eigenvalue weighted by atomic mass is 16.6. The standard InChI is InChI=1S/C45H59NO8/c1-27(2)13-12-14-29(5)16-18-32-37(47)33(17-15-28(3)4)40-36(38(32)48)39(49)34-25-31-26-35-43(7,8)54-44(41(31)50,45(34,35)53-40)20-19-30(6)42(51)52-24-23-46-21-10-9-11-22-46/h13,15-16,19,25,31,35,47-48H,9-12,14,17-18,20-24,26H2,1-8H3/b29-16+,30-19-. The van der Waals surface area contributed by atoms with Gasteiger partial charge in [-0.2, -0.15) is 0 Å². The molecule has 3 aliphatic carbocycles. The summed E-state index contributed by atoms with van der Waals surface area (Å²) in [6, 6.07) is 0. The maximum atomic E-state index is 14.9. The third kappa shape index (κ3) is 6.91. The molecule has 9 heteroatoms. The zero-order chi connectivity index (χ0) is 39.2. The van der Waals surface area contributed by atoms with Gasteiger partial charge in [0.25, 0.3) is 0 Å². The number of esters is 1. The third-order valence-corrected chi connectivity index (χ3v) is 12.3. The number of fused-ring (bicyclic) bond motifs is 1. The van der Waals surface area contributed by atoms with Crippen LogP contribution in [0.4, 0.5) is 0 Å². The van der Waals surface area contributed by atoms with Crippen molar-refractivity contribution in [2.75, 3.05) is 26.2 Å². The average Bonchev–Trinajstić information content (AvgIpc) is 3.27. The van der Waals surface area contributed by atoms with E-state index < -0.39 is 40.4 Å². The van der Waals surface area contributed by atoms with E-state index in [4.69, 9.17) is 14.2 Å². The lowest BCUT2D eigenvalue weighted by Gasteiger charge is -2.56. The second-order valence-corrected chi connectivity index (χ2v) is 17.1. The first-order chi connectivity index (χ1) is 25.5. The largest absolute Gasteiger partial charge is 0.507 e. The number of nitrogens with zero attached hydrogens (tertiary/aromatic N) is 1. The molecule has 7 rings (SSSR count). The molecule has 0 radical (unpaired) electrons. The number of carbonyl (C=O) groups excluding carboxylic acids is 3. The van der Waals surface area contributed by atoms with Crippen LogP contribution in [0.2, 0.25) is 0 Å². The van der Waals surface area contributed by atoms with Crippen molar-refractivity contribution in [1.29, 1.82) is 0 Å². The van der Waals surface area contributed by atoms with Crippen LogP contribution in [0.1, 0.15) is 122 Å². The van der Waals surface area contributed by atoms with Crippen LogP contribution < -0.4 is 4.74 Å². The van der Waals surface area contributed by atoms with Gasteiger partial charge >= 0.3 is 5.97 Å². The van der Waals surface area contributed by atoms with Gasteiger partial charge in [0, 0.05) is 47.1 Å². The van der Waals surface area contributed by atoms with E-state index >= 15 is 0 Å². The zero-order valence-corrected chi connectivity index (χ0v) is 33.5. The van der Waals surface area contributed by atoms with Gasteiger partial charge in [-0.05, 0) is 113 Å². The number of hydrogen-bond donors (Lipinski definition) is 2. The quantitative estimate of drug-likeness (QED) is 0.117. The lowest BCUT2D eigenvalue weighted by molar-refractivity contribution is -0.171. The Hall–Kier alpha value is -3.95. The molecular weight excluding hydrogens is 682 g/mol. The lowest BCUT2D eigenvalue weighted by atomic mass is 9.51. The predicted molar refractivity (Wildman–Crippen MR) is 209 cm³/mol. The summed E-state index contributed by atoms with van der Waals surface area (Å²) in [4.78, 5) is 45.0. The first-order valence-electron chi connectivity index (χ1n) is 19.8. The molecule has 4 bridgehead atoms. The minimum Gasteiger partial charge on any atom is -0.507 e. The number of ether oxygens (including phenoxy) is 3. The summed E-state index contributed by atoms with van der Waals surface area (Å²) < 4.78 is 19.6. The van der Waals surface area contributed by atoms with Crippen molar-refractivity contribution in [3.05, 3.63) is 74.9 Å². The number of piperidine rings is 1. The molecule has 1 aromatic carbocycles. The van der Waals surface area contributed by atoms with Gasteiger partial charge in [0.1, 0.15) is 29.4 Å². The van der Waals surface area contributed by atoms with E-state index in [1.165, 1.54) is 12.0 Å². The second kappa shape index (κ2) is 15.3. The summed E-state index contributed by atoms with van der Waals surface area (Å²) >= 11 is 0. The number of ketones is 2. The number of aromatic hydroxyl groups is 2. The van der Waals surface area contributed by atoms with Crippen molar-refractivity contribution in [3.8, 4) is 17.2 Å². The maximum absolute atomic E-state index is 14.9. The minimum atomic E-state index is -1.63. The van der Waals surface area contributed by atoms with E-state index in [0.717, 1.165) is 49.9 Å². The molecule has 0 amide bonds. The zero-order valence-electron chi connectivity index (χ0n) is 33.5. The third-order valence-electron chi connectivity index (χ3n) is 12.3. The van der Waals surface area contributed by atoms with E-state index in [9.17, 15) is 24.6 Å². The number of likely N-dealkylation sites (tertiary alicyclic amines) is 1. The Kier molecular flexibility index (Phi) is 11.3. The number of Topliss-reactive ketones (excluding diaryl/α,β-unsaturated/α-hetero) is 2. The van der Waals surface area contributed by atoms with Crippen molar-refractivity contribution in [2.45, 2.75) is 130 Å². The first-order valence-corrected chi connectivity index (χ1v) is 19.8. The molecule has 1 saturated carbocycles. The minimum absolute atomic E-state index is 0.00351. The van der Waals surface area contributed by atoms with Crippen LogP contribution in [0.5, 0.6) is 17.2 Å². The van der Waals surface area contributed by atoms with Crippen LogP contribution in [0.3, 0.4) is 0 Å². The Morgan fingerprint density at radius 2 is 1.61 bits per heavy atom. The molecule has 9 nitrogen and oxygen atoms in total.